The molecule has 2 aromatic carbocycles. The molecular formula is C23H31ClN3O+. The summed E-state index contributed by atoms with van der Waals surface area (Å²) in [6.07, 6.45) is 1.96. The summed E-state index contributed by atoms with van der Waals surface area (Å²) in [7, 11) is 0. The van der Waals surface area contributed by atoms with E-state index in [1.165, 1.54) is 21.7 Å². The average Bonchev–Trinajstić information content (AvgIpc) is 2.69. The van der Waals surface area contributed by atoms with Crippen LogP contribution in [0, 0.1) is 6.92 Å². The third-order valence-electron chi connectivity index (χ3n) is 5.51. The maximum atomic E-state index is 12.4. The van der Waals surface area contributed by atoms with Crippen molar-refractivity contribution >= 4 is 23.2 Å². The maximum absolute atomic E-state index is 12.4. The lowest BCUT2D eigenvalue weighted by Crippen LogP contribution is -3.16. The number of hydrogen-bond donors (Lipinski definition) is 2. The highest BCUT2D eigenvalue weighted by atomic mass is 35.5. The lowest BCUT2D eigenvalue weighted by atomic mass is 10.1. The normalized spacial score (nSPS) is 16.0. The van der Waals surface area contributed by atoms with E-state index in [1.54, 1.807) is 0 Å². The van der Waals surface area contributed by atoms with Crippen LogP contribution in [0.25, 0.3) is 0 Å². The van der Waals surface area contributed by atoms with Crippen molar-refractivity contribution in [2.24, 2.45) is 0 Å². The van der Waals surface area contributed by atoms with E-state index in [2.05, 4.69) is 54.4 Å². The largest absolute Gasteiger partial charge is 0.360 e. The number of amides is 1. The Morgan fingerprint density at radius 3 is 2.61 bits per heavy atom. The van der Waals surface area contributed by atoms with Gasteiger partial charge in [-0.25, -0.2) is 0 Å². The maximum Gasteiger partial charge on any atom is 0.275 e. The third-order valence-corrected chi connectivity index (χ3v) is 5.74. The molecule has 28 heavy (non-hydrogen) atoms. The molecule has 4 nitrogen and oxygen atoms in total. The minimum absolute atomic E-state index is 0.156. The highest BCUT2D eigenvalue weighted by molar-refractivity contribution is 6.30. The van der Waals surface area contributed by atoms with Crippen LogP contribution in [-0.4, -0.2) is 44.7 Å². The predicted octanol–water partition coefficient (Wildman–Crippen LogP) is 2.49. The first-order valence-corrected chi connectivity index (χ1v) is 10.6. The van der Waals surface area contributed by atoms with Crippen molar-refractivity contribution in [1.82, 2.24) is 5.32 Å². The van der Waals surface area contributed by atoms with Crippen molar-refractivity contribution in [2.45, 2.75) is 32.7 Å². The summed E-state index contributed by atoms with van der Waals surface area (Å²) in [5.74, 6) is 0.156. The third kappa shape index (κ3) is 5.98. The van der Waals surface area contributed by atoms with E-state index in [4.69, 9.17) is 11.6 Å². The number of carbonyl (C=O) groups is 1. The molecule has 1 heterocycles. The van der Waals surface area contributed by atoms with Gasteiger partial charge in [0.05, 0.1) is 26.2 Å². The van der Waals surface area contributed by atoms with Crippen LogP contribution in [0.4, 0.5) is 5.69 Å². The molecule has 1 atom stereocenters. The van der Waals surface area contributed by atoms with Gasteiger partial charge in [-0.15, -0.1) is 0 Å². The molecule has 0 radical (unpaired) electrons. The van der Waals surface area contributed by atoms with Crippen LogP contribution in [0.5, 0.6) is 0 Å². The Balaban J connectivity index is 1.40. The Morgan fingerprint density at radius 2 is 1.89 bits per heavy atom. The van der Waals surface area contributed by atoms with Gasteiger partial charge in [-0.2, -0.15) is 0 Å². The van der Waals surface area contributed by atoms with Crippen LogP contribution in [0.1, 0.15) is 24.5 Å². The van der Waals surface area contributed by atoms with Gasteiger partial charge in [-0.1, -0.05) is 48.0 Å². The van der Waals surface area contributed by atoms with E-state index >= 15 is 0 Å². The fourth-order valence-corrected chi connectivity index (χ4v) is 3.98. The number of aryl methyl sites for hydroxylation is 2. The minimum atomic E-state index is 0.156. The molecular weight excluding hydrogens is 370 g/mol. The van der Waals surface area contributed by atoms with Gasteiger partial charge in [0.1, 0.15) is 0 Å². The first kappa shape index (κ1) is 20.7. The highest BCUT2D eigenvalue weighted by Gasteiger charge is 2.23. The Hall–Kier alpha value is -2.04. The Bertz CT molecular complexity index is 773. The topological polar surface area (TPSA) is 36.8 Å². The van der Waals surface area contributed by atoms with Gasteiger partial charge in [0.2, 0.25) is 0 Å². The summed E-state index contributed by atoms with van der Waals surface area (Å²) in [5, 5.41) is 3.94. The summed E-state index contributed by atoms with van der Waals surface area (Å²) in [6.45, 7) is 8.61. The summed E-state index contributed by atoms with van der Waals surface area (Å²) >= 11 is 6.16. The number of anilines is 1. The van der Waals surface area contributed by atoms with Crippen molar-refractivity contribution in [3.05, 3.63) is 64.7 Å². The van der Waals surface area contributed by atoms with Crippen molar-refractivity contribution in [3.8, 4) is 0 Å². The predicted molar refractivity (Wildman–Crippen MR) is 116 cm³/mol. The van der Waals surface area contributed by atoms with E-state index in [0.29, 0.717) is 6.54 Å². The lowest BCUT2D eigenvalue weighted by molar-refractivity contribution is -0.892. The number of piperazine rings is 1. The highest BCUT2D eigenvalue weighted by Crippen LogP contribution is 2.24. The van der Waals surface area contributed by atoms with Crippen LogP contribution in [0.2, 0.25) is 5.02 Å². The molecule has 1 fully saturated rings. The molecule has 0 unspecified atom stereocenters. The molecule has 1 aliphatic heterocycles. The summed E-state index contributed by atoms with van der Waals surface area (Å²) in [4.78, 5) is 16.2. The second-order valence-corrected chi connectivity index (χ2v) is 8.27. The number of nitrogens with one attached hydrogen (secondary N) is 2. The first-order chi connectivity index (χ1) is 13.5. The van der Waals surface area contributed by atoms with Gasteiger partial charge >= 0.3 is 0 Å². The van der Waals surface area contributed by atoms with Crippen LogP contribution in [-0.2, 0) is 11.2 Å². The number of benzene rings is 2. The van der Waals surface area contributed by atoms with Gasteiger partial charge < -0.3 is 15.1 Å². The zero-order valence-electron chi connectivity index (χ0n) is 16.9. The average molecular weight is 401 g/mol. The minimum Gasteiger partial charge on any atom is -0.360 e. The molecule has 0 spiro atoms. The van der Waals surface area contributed by atoms with Crippen LogP contribution in [0.15, 0.2) is 48.5 Å². The van der Waals surface area contributed by atoms with E-state index in [1.807, 2.05) is 18.2 Å². The zero-order chi connectivity index (χ0) is 19.9. The van der Waals surface area contributed by atoms with Gasteiger partial charge in [-0.05, 0) is 49.9 Å². The molecule has 0 aromatic heterocycles. The molecule has 2 N–H and O–H groups in total. The second-order valence-electron chi connectivity index (χ2n) is 7.84. The van der Waals surface area contributed by atoms with Gasteiger partial charge in [-0.3, -0.25) is 4.79 Å². The monoisotopic (exact) mass is 400 g/mol. The molecule has 1 amide bonds. The molecule has 0 aliphatic carbocycles. The van der Waals surface area contributed by atoms with E-state index < -0.39 is 0 Å². The number of halogens is 1. The molecule has 0 bridgehead atoms. The molecule has 2 aromatic rings. The van der Waals surface area contributed by atoms with Crippen molar-refractivity contribution in [2.75, 3.05) is 37.6 Å². The summed E-state index contributed by atoms with van der Waals surface area (Å²) < 4.78 is 0. The van der Waals surface area contributed by atoms with E-state index in [0.717, 1.165) is 44.0 Å². The Morgan fingerprint density at radius 1 is 1.18 bits per heavy atom. The first-order valence-electron chi connectivity index (χ1n) is 10.2. The quantitative estimate of drug-likeness (QED) is 0.749. The number of nitrogens with zero attached hydrogens (tertiary/aromatic N) is 1. The Labute approximate surface area is 173 Å². The van der Waals surface area contributed by atoms with Gasteiger partial charge in [0.25, 0.3) is 5.91 Å². The number of carbonyl (C=O) groups excluding carboxylic acids is 1. The smallest absolute Gasteiger partial charge is 0.275 e. The summed E-state index contributed by atoms with van der Waals surface area (Å²) in [5.41, 5.74) is 3.78. The van der Waals surface area contributed by atoms with Crippen molar-refractivity contribution < 1.29 is 9.69 Å². The van der Waals surface area contributed by atoms with E-state index in [9.17, 15) is 4.79 Å². The van der Waals surface area contributed by atoms with Crippen LogP contribution in [0.3, 0.4) is 0 Å². The van der Waals surface area contributed by atoms with Gasteiger partial charge in [0, 0.05) is 16.8 Å². The fourth-order valence-electron chi connectivity index (χ4n) is 3.82. The lowest BCUT2D eigenvalue weighted by Gasteiger charge is -2.34. The fraction of sp³-hybridized carbons (Fsp3) is 0.435. The molecule has 1 aliphatic rings. The number of rotatable bonds is 7. The molecule has 3 rings (SSSR count). The zero-order valence-corrected chi connectivity index (χ0v) is 17.6. The van der Waals surface area contributed by atoms with Crippen molar-refractivity contribution in [1.29, 1.82) is 0 Å². The number of quaternary nitrogens is 1. The van der Waals surface area contributed by atoms with Crippen LogP contribution >= 0.6 is 11.6 Å². The van der Waals surface area contributed by atoms with Gasteiger partial charge in [0.15, 0.2) is 6.54 Å². The molecule has 5 heteroatoms. The SMILES string of the molecule is Cc1ccc(Cl)cc1N1CC[NH+](CC(=O)N[C@@H](C)CCc2ccccc2)CC1. The van der Waals surface area contributed by atoms with Crippen molar-refractivity contribution in [3.63, 3.8) is 0 Å². The molecule has 150 valence electrons. The summed E-state index contributed by atoms with van der Waals surface area (Å²) in [6, 6.07) is 16.7. The molecule has 0 saturated carbocycles. The van der Waals surface area contributed by atoms with E-state index in [-0.39, 0.29) is 11.9 Å². The standard InChI is InChI=1S/C23H30ClN3O/c1-18-8-11-21(24)16-22(18)27-14-12-26(13-15-27)17-23(28)25-19(2)9-10-20-6-4-3-5-7-20/h3-8,11,16,19H,9-10,12-15,17H2,1-2H3,(H,25,28)/p+1/t19-/m0/s1. The number of hydrogen-bond acceptors (Lipinski definition) is 2. The molecule has 1 saturated heterocycles. The Kier molecular flexibility index (Phi) is 7.35. The van der Waals surface area contributed by atoms with Crippen LogP contribution < -0.4 is 15.1 Å². The second kappa shape index (κ2) is 9.94.